The Balaban J connectivity index is 2.34. The average molecular weight is 323 g/mol. The van der Waals surface area contributed by atoms with Crippen LogP contribution in [0.2, 0.25) is 5.02 Å². The van der Waals surface area contributed by atoms with E-state index in [1.165, 1.54) is 4.90 Å². The number of hydrogen-bond acceptors (Lipinski definition) is 3. The maximum absolute atomic E-state index is 12.6. The second-order valence-electron chi connectivity index (χ2n) is 5.20. The summed E-state index contributed by atoms with van der Waals surface area (Å²) in [5.41, 5.74) is -0.950. The lowest BCUT2D eigenvalue weighted by molar-refractivity contribution is -0.140. The molecule has 1 aliphatic rings. The minimum atomic E-state index is -4.53. The van der Waals surface area contributed by atoms with Gasteiger partial charge in [0.25, 0.3) is 0 Å². The molecule has 4 nitrogen and oxygen atoms in total. The van der Waals surface area contributed by atoms with Gasteiger partial charge in [0.1, 0.15) is 11.9 Å². The number of carboxylic acid groups (broad SMARTS) is 1. The van der Waals surface area contributed by atoms with Crippen LogP contribution in [0, 0.1) is 5.92 Å². The predicted octanol–water partition coefficient (Wildman–Crippen LogP) is 3.44. The molecule has 1 aromatic heterocycles. The van der Waals surface area contributed by atoms with Gasteiger partial charge in [-0.15, -0.1) is 0 Å². The number of carbonyl (C=O) groups is 1. The summed E-state index contributed by atoms with van der Waals surface area (Å²) >= 11 is 5.88. The Morgan fingerprint density at radius 3 is 2.71 bits per heavy atom. The van der Waals surface area contributed by atoms with Crippen molar-refractivity contribution in [3.8, 4) is 0 Å². The standard InChI is InChI=1S/C13H14ClF3N2O2/c1-7-2-3-19(10(4-7)12(20)21)11-9(14)5-8(6-18-11)13(15,16)17/h5-7,10H,2-4H2,1H3,(H,20,21). The third-order valence-corrected chi connectivity index (χ3v) is 3.85. The number of anilines is 1. The van der Waals surface area contributed by atoms with Gasteiger partial charge in [0.15, 0.2) is 0 Å². The van der Waals surface area contributed by atoms with Crippen molar-refractivity contribution in [2.75, 3.05) is 11.4 Å². The van der Waals surface area contributed by atoms with Gasteiger partial charge in [-0.2, -0.15) is 13.2 Å². The Morgan fingerprint density at radius 2 is 2.19 bits per heavy atom. The molecule has 21 heavy (non-hydrogen) atoms. The highest BCUT2D eigenvalue weighted by Gasteiger charge is 2.36. The Bertz CT molecular complexity index is 551. The van der Waals surface area contributed by atoms with Gasteiger partial charge in [0.2, 0.25) is 0 Å². The molecular formula is C13H14ClF3N2O2. The molecule has 1 fully saturated rings. The van der Waals surface area contributed by atoms with Crippen molar-refractivity contribution in [1.29, 1.82) is 0 Å². The molecule has 1 saturated heterocycles. The number of carboxylic acids is 1. The summed E-state index contributed by atoms with van der Waals surface area (Å²) in [5, 5.41) is 9.08. The second-order valence-corrected chi connectivity index (χ2v) is 5.61. The van der Waals surface area contributed by atoms with Gasteiger partial charge >= 0.3 is 12.1 Å². The Morgan fingerprint density at radius 1 is 1.52 bits per heavy atom. The lowest BCUT2D eigenvalue weighted by Crippen LogP contribution is -2.47. The van der Waals surface area contributed by atoms with Crippen molar-refractivity contribution in [2.45, 2.75) is 32.0 Å². The number of piperidine rings is 1. The SMILES string of the molecule is CC1CCN(c2ncc(C(F)(F)F)cc2Cl)C(C(=O)O)C1. The van der Waals surface area contributed by atoms with E-state index in [1.54, 1.807) is 0 Å². The van der Waals surface area contributed by atoms with E-state index in [9.17, 15) is 23.1 Å². The highest BCUT2D eigenvalue weighted by atomic mass is 35.5. The molecule has 2 rings (SSSR count). The van der Waals surface area contributed by atoms with Gasteiger partial charge in [0.05, 0.1) is 10.6 Å². The summed E-state index contributed by atoms with van der Waals surface area (Å²) in [4.78, 5) is 16.5. The fourth-order valence-corrected chi connectivity index (χ4v) is 2.70. The zero-order valence-electron chi connectivity index (χ0n) is 11.2. The molecule has 8 heteroatoms. The maximum atomic E-state index is 12.6. The normalized spacial score (nSPS) is 23.2. The number of aliphatic carboxylic acids is 1. The number of nitrogens with zero attached hydrogens (tertiary/aromatic N) is 2. The first kappa shape index (κ1) is 15.9. The van der Waals surface area contributed by atoms with Gasteiger partial charge < -0.3 is 10.0 Å². The van der Waals surface area contributed by atoms with Crippen molar-refractivity contribution < 1.29 is 23.1 Å². The van der Waals surface area contributed by atoms with Crippen LogP contribution >= 0.6 is 11.6 Å². The van der Waals surface area contributed by atoms with Crippen molar-refractivity contribution >= 4 is 23.4 Å². The van der Waals surface area contributed by atoms with E-state index in [1.807, 2.05) is 6.92 Å². The van der Waals surface area contributed by atoms with Crippen LogP contribution < -0.4 is 4.90 Å². The Kier molecular flexibility index (Phi) is 4.32. The molecule has 0 aliphatic carbocycles. The van der Waals surface area contributed by atoms with Crippen molar-refractivity contribution in [2.24, 2.45) is 5.92 Å². The molecule has 116 valence electrons. The minimum Gasteiger partial charge on any atom is -0.480 e. The van der Waals surface area contributed by atoms with Crippen LogP contribution in [0.5, 0.6) is 0 Å². The van der Waals surface area contributed by atoms with Gasteiger partial charge in [-0.1, -0.05) is 18.5 Å². The summed E-state index contributed by atoms with van der Waals surface area (Å²) in [6.07, 6.45) is -2.70. The number of alkyl halides is 3. The topological polar surface area (TPSA) is 53.4 Å². The van der Waals surface area contributed by atoms with E-state index >= 15 is 0 Å². The smallest absolute Gasteiger partial charge is 0.417 e. The van der Waals surface area contributed by atoms with Crippen LogP contribution in [-0.4, -0.2) is 28.6 Å². The van der Waals surface area contributed by atoms with Gasteiger partial charge in [-0.3, -0.25) is 0 Å². The quantitative estimate of drug-likeness (QED) is 0.906. The largest absolute Gasteiger partial charge is 0.480 e. The van der Waals surface area contributed by atoms with Crippen LogP contribution in [0.3, 0.4) is 0 Å². The van der Waals surface area contributed by atoms with Crippen molar-refractivity contribution in [1.82, 2.24) is 4.98 Å². The zero-order valence-corrected chi connectivity index (χ0v) is 11.9. The summed E-state index contributed by atoms with van der Waals surface area (Å²) in [6, 6.07) is -0.0450. The van der Waals surface area contributed by atoms with Crippen molar-refractivity contribution in [3.05, 3.63) is 22.8 Å². The summed E-state index contributed by atoms with van der Waals surface area (Å²) < 4.78 is 37.8. The van der Waals surface area contributed by atoms with Gasteiger partial charge in [-0.25, -0.2) is 9.78 Å². The molecular weight excluding hydrogens is 309 g/mol. The lowest BCUT2D eigenvalue weighted by Gasteiger charge is -2.37. The number of aromatic nitrogens is 1. The number of halogens is 4. The third kappa shape index (κ3) is 3.40. The molecule has 0 bridgehead atoms. The van der Waals surface area contributed by atoms with E-state index < -0.39 is 23.8 Å². The molecule has 0 saturated carbocycles. The van der Waals surface area contributed by atoms with Crippen LogP contribution in [-0.2, 0) is 11.0 Å². The molecule has 2 atom stereocenters. The summed E-state index contributed by atoms with van der Waals surface area (Å²) in [7, 11) is 0. The average Bonchev–Trinajstić information content (AvgIpc) is 2.38. The first-order valence-corrected chi connectivity index (χ1v) is 6.80. The predicted molar refractivity (Wildman–Crippen MR) is 71.4 cm³/mol. The molecule has 0 aromatic carbocycles. The van der Waals surface area contributed by atoms with Crippen LogP contribution in [0.4, 0.5) is 19.0 Å². The monoisotopic (exact) mass is 322 g/mol. The van der Waals surface area contributed by atoms with Crippen molar-refractivity contribution in [3.63, 3.8) is 0 Å². The maximum Gasteiger partial charge on any atom is 0.417 e. The van der Waals surface area contributed by atoms with E-state index in [-0.39, 0.29) is 16.8 Å². The second kappa shape index (κ2) is 5.71. The number of hydrogen-bond donors (Lipinski definition) is 1. The summed E-state index contributed by atoms with van der Waals surface area (Å²) in [5.74, 6) is -0.709. The van der Waals surface area contributed by atoms with E-state index in [4.69, 9.17) is 11.6 Å². The fraction of sp³-hybridized carbons (Fsp3) is 0.538. The van der Waals surface area contributed by atoms with Gasteiger partial charge in [-0.05, 0) is 24.8 Å². The van der Waals surface area contributed by atoms with E-state index in [2.05, 4.69) is 4.98 Å². The number of rotatable bonds is 2. The molecule has 1 N–H and O–H groups in total. The van der Waals surface area contributed by atoms with Crippen LogP contribution in [0.1, 0.15) is 25.3 Å². The Labute approximate surface area is 124 Å². The molecule has 2 unspecified atom stereocenters. The number of pyridine rings is 1. The molecule has 2 heterocycles. The first-order valence-electron chi connectivity index (χ1n) is 6.42. The van der Waals surface area contributed by atoms with Crippen LogP contribution in [0.15, 0.2) is 12.3 Å². The Hall–Kier alpha value is -1.50. The van der Waals surface area contributed by atoms with E-state index in [0.29, 0.717) is 19.2 Å². The van der Waals surface area contributed by atoms with E-state index in [0.717, 1.165) is 12.5 Å². The van der Waals surface area contributed by atoms with Crippen LogP contribution in [0.25, 0.3) is 0 Å². The molecule has 0 spiro atoms. The molecule has 0 radical (unpaired) electrons. The first-order chi connectivity index (χ1) is 9.70. The fourth-order valence-electron chi connectivity index (χ4n) is 2.43. The highest BCUT2D eigenvalue weighted by molar-refractivity contribution is 6.33. The minimum absolute atomic E-state index is 0.0870. The molecule has 1 aliphatic heterocycles. The third-order valence-electron chi connectivity index (χ3n) is 3.57. The zero-order chi connectivity index (χ0) is 15.8. The molecule has 1 aromatic rings. The van der Waals surface area contributed by atoms with Gasteiger partial charge in [0, 0.05) is 12.7 Å². The molecule has 0 amide bonds. The lowest BCUT2D eigenvalue weighted by atomic mass is 9.92. The highest BCUT2D eigenvalue weighted by Crippen LogP contribution is 2.36. The summed E-state index contributed by atoms with van der Waals surface area (Å²) in [6.45, 7) is 2.34.